The fourth-order valence-electron chi connectivity index (χ4n) is 2.54. The number of hydrogen-bond donors (Lipinski definition) is 1. The van der Waals surface area contributed by atoms with Gasteiger partial charge in [-0.2, -0.15) is 0 Å². The number of benzene rings is 1. The summed E-state index contributed by atoms with van der Waals surface area (Å²) in [5.74, 6) is -0.227. The highest BCUT2D eigenvalue weighted by Crippen LogP contribution is 2.29. The molecule has 2 aromatic rings. The summed E-state index contributed by atoms with van der Waals surface area (Å²) in [7, 11) is 0. The predicted octanol–water partition coefficient (Wildman–Crippen LogP) is 2.50. The normalized spacial score (nSPS) is 15.0. The van der Waals surface area contributed by atoms with Gasteiger partial charge >= 0.3 is 5.97 Å². The van der Waals surface area contributed by atoms with E-state index in [1.807, 2.05) is 0 Å². The molecule has 1 aliphatic heterocycles. The highest BCUT2D eigenvalue weighted by molar-refractivity contribution is 6.00. The topological polar surface area (TPSA) is 42.1 Å². The molecule has 1 aliphatic rings. The number of aromatic amines is 1. The van der Waals surface area contributed by atoms with Crippen LogP contribution in [0.2, 0.25) is 0 Å². The molecule has 0 amide bonds. The van der Waals surface area contributed by atoms with Gasteiger partial charge in [0.1, 0.15) is 5.69 Å². The highest BCUT2D eigenvalue weighted by Gasteiger charge is 2.24. The summed E-state index contributed by atoms with van der Waals surface area (Å²) in [5, 5.41) is 1.19. The van der Waals surface area contributed by atoms with Crippen molar-refractivity contribution in [2.24, 2.45) is 0 Å². The number of fused-ring (bicyclic) bond motifs is 3. The molecular formula is C13H13NO2. The number of nitrogens with one attached hydrogen (secondary N) is 1. The van der Waals surface area contributed by atoms with Gasteiger partial charge in [-0.3, -0.25) is 0 Å². The van der Waals surface area contributed by atoms with Crippen molar-refractivity contribution in [3.8, 4) is 0 Å². The van der Waals surface area contributed by atoms with Crippen LogP contribution in [0.1, 0.15) is 27.2 Å². The lowest BCUT2D eigenvalue weighted by atomic mass is 10.0. The van der Waals surface area contributed by atoms with Crippen LogP contribution in [0.5, 0.6) is 0 Å². The summed E-state index contributed by atoms with van der Waals surface area (Å²) in [6.45, 7) is 4.64. The van der Waals surface area contributed by atoms with Crippen molar-refractivity contribution < 1.29 is 9.53 Å². The molecule has 82 valence electrons. The first-order chi connectivity index (χ1) is 7.66. The molecule has 3 rings (SSSR count). The summed E-state index contributed by atoms with van der Waals surface area (Å²) in [6, 6.07) is 4.23. The first kappa shape index (κ1) is 9.46. The SMILES string of the molecule is Cc1cc(C)c2c3c([nH]c2c1)C(=O)OCC3. The van der Waals surface area contributed by atoms with E-state index in [0.717, 1.165) is 17.5 Å². The van der Waals surface area contributed by atoms with Gasteiger partial charge in [-0.05, 0) is 36.6 Å². The average Bonchev–Trinajstić information content (AvgIpc) is 2.57. The van der Waals surface area contributed by atoms with Crippen molar-refractivity contribution in [2.45, 2.75) is 20.3 Å². The van der Waals surface area contributed by atoms with E-state index in [4.69, 9.17) is 4.74 Å². The van der Waals surface area contributed by atoms with E-state index in [-0.39, 0.29) is 5.97 Å². The van der Waals surface area contributed by atoms with E-state index in [9.17, 15) is 4.79 Å². The van der Waals surface area contributed by atoms with Crippen LogP contribution in [0.25, 0.3) is 10.9 Å². The van der Waals surface area contributed by atoms with Gasteiger partial charge in [-0.1, -0.05) is 6.07 Å². The largest absolute Gasteiger partial charge is 0.461 e. The lowest BCUT2D eigenvalue weighted by Crippen LogP contribution is -2.16. The number of carbonyl (C=O) groups is 1. The molecule has 3 nitrogen and oxygen atoms in total. The van der Waals surface area contributed by atoms with E-state index in [1.165, 1.54) is 16.5 Å². The van der Waals surface area contributed by atoms with E-state index >= 15 is 0 Å². The Bertz CT molecular complexity index is 595. The number of H-pyrrole nitrogens is 1. The molecule has 1 aromatic carbocycles. The van der Waals surface area contributed by atoms with Crippen LogP contribution in [0.3, 0.4) is 0 Å². The third kappa shape index (κ3) is 1.18. The highest BCUT2D eigenvalue weighted by atomic mass is 16.5. The summed E-state index contributed by atoms with van der Waals surface area (Å²) in [4.78, 5) is 14.8. The minimum atomic E-state index is -0.227. The number of esters is 1. The molecule has 1 aromatic heterocycles. The number of carbonyl (C=O) groups excluding carboxylic acids is 1. The molecule has 0 aliphatic carbocycles. The van der Waals surface area contributed by atoms with Gasteiger partial charge in [0.2, 0.25) is 0 Å². The minimum absolute atomic E-state index is 0.227. The quantitative estimate of drug-likeness (QED) is 0.686. The van der Waals surface area contributed by atoms with Crippen molar-refractivity contribution in [3.05, 3.63) is 34.5 Å². The van der Waals surface area contributed by atoms with Crippen LogP contribution in [0.4, 0.5) is 0 Å². The Morgan fingerprint density at radius 3 is 2.94 bits per heavy atom. The molecule has 0 spiro atoms. The lowest BCUT2D eigenvalue weighted by molar-refractivity contribution is 0.0475. The smallest absolute Gasteiger partial charge is 0.355 e. The van der Waals surface area contributed by atoms with E-state index < -0.39 is 0 Å². The molecule has 0 saturated heterocycles. The molecule has 3 heteroatoms. The molecule has 2 heterocycles. The van der Waals surface area contributed by atoms with Crippen LogP contribution < -0.4 is 0 Å². The van der Waals surface area contributed by atoms with Crippen molar-refractivity contribution in [1.29, 1.82) is 0 Å². The maximum absolute atomic E-state index is 11.6. The molecule has 0 radical (unpaired) electrons. The summed E-state index contributed by atoms with van der Waals surface area (Å²) < 4.78 is 5.03. The van der Waals surface area contributed by atoms with E-state index in [1.54, 1.807) is 0 Å². The lowest BCUT2D eigenvalue weighted by Gasteiger charge is -2.11. The molecule has 0 bridgehead atoms. The Labute approximate surface area is 93.4 Å². The Morgan fingerprint density at radius 2 is 2.12 bits per heavy atom. The second-order valence-corrected chi connectivity index (χ2v) is 4.37. The third-order valence-electron chi connectivity index (χ3n) is 3.13. The fourth-order valence-corrected chi connectivity index (χ4v) is 2.54. The summed E-state index contributed by atoms with van der Waals surface area (Å²) >= 11 is 0. The Morgan fingerprint density at radius 1 is 1.31 bits per heavy atom. The van der Waals surface area contributed by atoms with Crippen molar-refractivity contribution in [2.75, 3.05) is 6.61 Å². The standard InChI is InChI=1S/C13H13NO2/c1-7-5-8(2)11-9-3-4-16-13(15)12(9)14-10(11)6-7/h5-6,14H,3-4H2,1-2H3. The van der Waals surface area contributed by atoms with Gasteiger partial charge < -0.3 is 9.72 Å². The van der Waals surface area contributed by atoms with Crippen LogP contribution in [-0.2, 0) is 11.2 Å². The Balaban J connectivity index is 2.40. The van der Waals surface area contributed by atoms with Crippen LogP contribution in [-0.4, -0.2) is 17.6 Å². The zero-order chi connectivity index (χ0) is 11.3. The van der Waals surface area contributed by atoms with Crippen molar-refractivity contribution in [3.63, 3.8) is 0 Å². The maximum Gasteiger partial charge on any atom is 0.355 e. The van der Waals surface area contributed by atoms with Crippen LogP contribution >= 0.6 is 0 Å². The fraction of sp³-hybridized carbons (Fsp3) is 0.308. The first-order valence-electron chi connectivity index (χ1n) is 5.46. The second kappa shape index (κ2) is 3.11. The van der Waals surface area contributed by atoms with Gasteiger partial charge in [-0.15, -0.1) is 0 Å². The monoisotopic (exact) mass is 215 g/mol. The minimum Gasteiger partial charge on any atom is -0.461 e. The molecule has 16 heavy (non-hydrogen) atoms. The summed E-state index contributed by atoms with van der Waals surface area (Å²) in [5.41, 5.74) is 5.22. The maximum atomic E-state index is 11.6. The first-order valence-corrected chi connectivity index (χ1v) is 5.46. The molecule has 0 fully saturated rings. The number of aromatic nitrogens is 1. The average molecular weight is 215 g/mol. The van der Waals surface area contributed by atoms with Crippen LogP contribution in [0, 0.1) is 13.8 Å². The van der Waals surface area contributed by atoms with Crippen molar-refractivity contribution in [1.82, 2.24) is 4.98 Å². The molecule has 1 N–H and O–H groups in total. The number of rotatable bonds is 0. The van der Waals surface area contributed by atoms with E-state index in [2.05, 4.69) is 31.0 Å². The van der Waals surface area contributed by atoms with Gasteiger partial charge in [0.15, 0.2) is 0 Å². The zero-order valence-electron chi connectivity index (χ0n) is 9.39. The second-order valence-electron chi connectivity index (χ2n) is 4.37. The predicted molar refractivity (Wildman–Crippen MR) is 61.8 cm³/mol. The number of ether oxygens (including phenoxy) is 1. The molecule has 0 unspecified atom stereocenters. The number of cyclic esters (lactones) is 1. The van der Waals surface area contributed by atoms with E-state index in [0.29, 0.717) is 12.3 Å². The Hall–Kier alpha value is -1.77. The van der Waals surface area contributed by atoms with Gasteiger partial charge in [-0.25, -0.2) is 4.79 Å². The van der Waals surface area contributed by atoms with Gasteiger partial charge in [0.05, 0.1) is 6.61 Å². The number of aryl methyl sites for hydroxylation is 2. The zero-order valence-corrected chi connectivity index (χ0v) is 9.39. The van der Waals surface area contributed by atoms with Gasteiger partial charge in [0.25, 0.3) is 0 Å². The Kier molecular flexibility index (Phi) is 1.84. The van der Waals surface area contributed by atoms with Gasteiger partial charge in [0, 0.05) is 17.3 Å². The number of hydrogen-bond acceptors (Lipinski definition) is 2. The van der Waals surface area contributed by atoms with Crippen molar-refractivity contribution >= 4 is 16.9 Å². The molecule has 0 saturated carbocycles. The third-order valence-corrected chi connectivity index (χ3v) is 3.13. The summed E-state index contributed by atoms with van der Waals surface area (Å²) in [6.07, 6.45) is 0.810. The molecular weight excluding hydrogens is 202 g/mol. The molecule has 0 atom stereocenters. The van der Waals surface area contributed by atoms with Crippen LogP contribution in [0.15, 0.2) is 12.1 Å².